The molecule has 0 aromatic carbocycles. The minimum Gasteiger partial charge on any atom is -0.247 e. The van der Waals surface area contributed by atoms with Gasteiger partial charge in [-0.2, -0.15) is 11.8 Å². The van der Waals surface area contributed by atoms with E-state index in [2.05, 4.69) is 13.8 Å². The maximum Gasteiger partial charge on any atom is 0.106 e. The molecule has 0 saturated heterocycles. The van der Waals surface area contributed by atoms with Crippen molar-refractivity contribution in [2.24, 2.45) is 17.8 Å². The molecular formula is C15H26F2S. The highest BCUT2D eigenvalue weighted by Gasteiger charge is 2.36. The first kappa shape index (κ1) is 14.6. The van der Waals surface area contributed by atoms with Crippen LogP contribution < -0.4 is 0 Å². The van der Waals surface area contributed by atoms with Gasteiger partial charge in [0.25, 0.3) is 0 Å². The van der Waals surface area contributed by atoms with Gasteiger partial charge < -0.3 is 0 Å². The third-order valence-corrected chi connectivity index (χ3v) is 6.70. The van der Waals surface area contributed by atoms with Crippen LogP contribution in [0.3, 0.4) is 0 Å². The van der Waals surface area contributed by atoms with Crippen molar-refractivity contribution < 1.29 is 8.78 Å². The van der Waals surface area contributed by atoms with Gasteiger partial charge in [0.15, 0.2) is 0 Å². The molecule has 18 heavy (non-hydrogen) atoms. The van der Waals surface area contributed by atoms with Crippen molar-refractivity contribution in [1.29, 1.82) is 0 Å². The van der Waals surface area contributed by atoms with Crippen molar-refractivity contribution in [3.8, 4) is 0 Å². The van der Waals surface area contributed by atoms with E-state index in [4.69, 9.17) is 0 Å². The van der Waals surface area contributed by atoms with Crippen LogP contribution in [0.15, 0.2) is 0 Å². The molecule has 0 amide bonds. The number of rotatable bonds is 3. The van der Waals surface area contributed by atoms with E-state index in [0.717, 1.165) is 6.42 Å². The number of halogens is 2. The molecule has 0 aromatic rings. The Kier molecular flexibility index (Phi) is 5.35. The molecule has 0 spiro atoms. The van der Waals surface area contributed by atoms with Crippen LogP contribution in [0, 0.1) is 17.8 Å². The normalized spacial score (nSPS) is 46.0. The smallest absolute Gasteiger partial charge is 0.106 e. The molecule has 0 bridgehead atoms. The van der Waals surface area contributed by atoms with Gasteiger partial charge in [0.1, 0.15) is 12.3 Å². The van der Waals surface area contributed by atoms with Crippen molar-refractivity contribution in [1.82, 2.24) is 0 Å². The molecule has 2 aliphatic rings. The first-order chi connectivity index (χ1) is 8.59. The topological polar surface area (TPSA) is 0 Å². The van der Waals surface area contributed by atoms with Gasteiger partial charge in [-0.25, -0.2) is 8.78 Å². The van der Waals surface area contributed by atoms with E-state index >= 15 is 0 Å². The van der Waals surface area contributed by atoms with Crippen molar-refractivity contribution >= 4 is 11.8 Å². The number of thioether (sulfide) groups is 1. The predicted octanol–water partition coefficient (Wildman–Crippen LogP) is 5.02. The van der Waals surface area contributed by atoms with Crippen molar-refractivity contribution in [2.45, 2.75) is 70.0 Å². The Bertz CT molecular complexity index is 213. The third-order valence-electron chi connectivity index (χ3n) is 4.81. The maximum atomic E-state index is 13.8. The van der Waals surface area contributed by atoms with Crippen molar-refractivity contribution in [3.05, 3.63) is 0 Å². The average Bonchev–Trinajstić information content (AvgIpc) is 2.31. The fourth-order valence-corrected chi connectivity index (χ4v) is 5.36. The van der Waals surface area contributed by atoms with Crippen LogP contribution in [0.2, 0.25) is 0 Å². The Balaban J connectivity index is 1.85. The van der Waals surface area contributed by atoms with E-state index in [0.29, 0.717) is 35.7 Å². The molecule has 0 nitrogen and oxygen atoms in total. The molecule has 2 saturated carbocycles. The molecule has 2 rings (SSSR count). The Hall–Kier alpha value is 0.210. The largest absolute Gasteiger partial charge is 0.247 e. The Morgan fingerprint density at radius 1 is 0.889 bits per heavy atom. The maximum absolute atomic E-state index is 13.8. The van der Waals surface area contributed by atoms with Gasteiger partial charge in [0, 0.05) is 16.9 Å². The SMILES string of the molecule is CC1CCCC(C)C1SCC1C(F)CCCC1F. The Morgan fingerprint density at radius 3 is 1.94 bits per heavy atom. The van der Waals surface area contributed by atoms with Crippen LogP contribution >= 0.6 is 11.8 Å². The molecule has 0 heterocycles. The zero-order chi connectivity index (χ0) is 13.1. The lowest BCUT2D eigenvalue weighted by Crippen LogP contribution is -2.35. The average molecular weight is 276 g/mol. The number of hydrogen-bond acceptors (Lipinski definition) is 1. The minimum atomic E-state index is -0.907. The quantitative estimate of drug-likeness (QED) is 0.697. The van der Waals surface area contributed by atoms with Gasteiger partial charge in [-0.1, -0.05) is 20.3 Å². The van der Waals surface area contributed by atoms with Crippen LogP contribution in [0.4, 0.5) is 8.78 Å². The van der Waals surface area contributed by atoms with Gasteiger partial charge in [-0.3, -0.25) is 0 Å². The summed E-state index contributed by atoms with van der Waals surface area (Å²) >= 11 is 1.85. The van der Waals surface area contributed by atoms with Crippen LogP contribution in [0.25, 0.3) is 0 Å². The molecule has 0 aliphatic heterocycles. The second-order valence-corrected chi connectivity index (χ2v) is 7.52. The second-order valence-electron chi connectivity index (χ2n) is 6.31. The lowest BCUT2D eigenvalue weighted by atomic mass is 9.83. The Labute approximate surface area is 114 Å². The molecule has 2 fully saturated rings. The Morgan fingerprint density at radius 2 is 1.39 bits per heavy atom. The van der Waals surface area contributed by atoms with Gasteiger partial charge in [-0.05, 0) is 43.9 Å². The van der Waals surface area contributed by atoms with Crippen LogP contribution in [-0.2, 0) is 0 Å². The lowest BCUT2D eigenvalue weighted by molar-refractivity contribution is 0.0910. The van der Waals surface area contributed by atoms with E-state index in [9.17, 15) is 8.78 Å². The zero-order valence-corrected chi connectivity index (χ0v) is 12.4. The van der Waals surface area contributed by atoms with E-state index in [-0.39, 0.29) is 5.92 Å². The van der Waals surface area contributed by atoms with Gasteiger partial charge >= 0.3 is 0 Å². The van der Waals surface area contributed by atoms with E-state index < -0.39 is 12.3 Å². The van der Waals surface area contributed by atoms with Crippen molar-refractivity contribution in [2.75, 3.05) is 5.75 Å². The third kappa shape index (κ3) is 3.40. The summed E-state index contributed by atoms with van der Waals surface area (Å²) in [5.74, 6) is 1.75. The summed E-state index contributed by atoms with van der Waals surface area (Å²) in [5, 5.41) is 0.611. The van der Waals surface area contributed by atoms with Gasteiger partial charge in [0.2, 0.25) is 0 Å². The standard InChI is InChI=1S/C15H26F2S/c1-10-5-3-6-11(2)15(10)18-9-12-13(16)7-4-8-14(12)17/h10-15H,3-9H2,1-2H3. The summed E-state index contributed by atoms with van der Waals surface area (Å²) in [6.07, 6.45) is 3.93. The molecule has 0 aromatic heterocycles. The highest BCUT2D eigenvalue weighted by molar-refractivity contribution is 7.99. The highest BCUT2D eigenvalue weighted by atomic mass is 32.2. The monoisotopic (exact) mass is 276 g/mol. The number of alkyl halides is 2. The van der Waals surface area contributed by atoms with Crippen LogP contribution in [0.5, 0.6) is 0 Å². The molecular weight excluding hydrogens is 250 g/mol. The first-order valence-electron chi connectivity index (χ1n) is 7.49. The van der Waals surface area contributed by atoms with Crippen molar-refractivity contribution in [3.63, 3.8) is 0 Å². The zero-order valence-electron chi connectivity index (χ0n) is 11.6. The molecule has 2 aliphatic carbocycles. The summed E-state index contributed by atoms with van der Waals surface area (Å²) in [6.45, 7) is 4.60. The molecule has 106 valence electrons. The highest BCUT2D eigenvalue weighted by Crippen LogP contribution is 2.40. The second kappa shape index (κ2) is 6.58. The molecule has 0 radical (unpaired) electrons. The molecule has 0 N–H and O–H groups in total. The fourth-order valence-electron chi connectivity index (χ4n) is 3.57. The van der Waals surface area contributed by atoms with Crippen LogP contribution in [0.1, 0.15) is 52.4 Å². The van der Waals surface area contributed by atoms with E-state index in [1.165, 1.54) is 19.3 Å². The molecule has 4 atom stereocenters. The van der Waals surface area contributed by atoms with Gasteiger partial charge in [-0.15, -0.1) is 0 Å². The van der Waals surface area contributed by atoms with Crippen LogP contribution in [-0.4, -0.2) is 23.3 Å². The summed E-state index contributed by atoms with van der Waals surface area (Å²) in [7, 11) is 0. The molecule has 4 unspecified atom stereocenters. The summed E-state index contributed by atoms with van der Waals surface area (Å²) in [5.41, 5.74) is 0. The van der Waals surface area contributed by atoms with E-state index in [1.807, 2.05) is 11.8 Å². The summed E-state index contributed by atoms with van der Waals surface area (Å²) in [6, 6.07) is 0. The fraction of sp³-hybridized carbons (Fsp3) is 1.00. The summed E-state index contributed by atoms with van der Waals surface area (Å²) in [4.78, 5) is 0. The minimum absolute atomic E-state index is 0.343. The predicted molar refractivity (Wildman–Crippen MR) is 75.6 cm³/mol. The molecule has 3 heteroatoms. The number of hydrogen-bond donors (Lipinski definition) is 0. The lowest BCUT2D eigenvalue weighted by Gasteiger charge is -2.36. The van der Waals surface area contributed by atoms with Gasteiger partial charge in [0.05, 0.1) is 0 Å². The first-order valence-corrected chi connectivity index (χ1v) is 8.54. The summed E-state index contributed by atoms with van der Waals surface area (Å²) < 4.78 is 27.6. The van der Waals surface area contributed by atoms with E-state index in [1.54, 1.807) is 0 Å².